The van der Waals surface area contributed by atoms with Gasteiger partial charge in [-0.25, -0.2) is 0 Å². The summed E-state index contributed by atoms with van der Waals surface area (Å²) < 4.78 is 0. The molecule has 0 radical (unpaired) electrons. The second kappa shape index (κ2) is 8.69. The molecule has 5 aliphatic heterocycles. The number of fused-ring (bicyclic) bond motifs is 1. The van der Waals surface area contributed by atoms with Crippen molar-refractivity contribution < 1.29 is 5.11 Å². The minimum atomic E-state index is -0.167. The van der Waals surface area contributed by atoms with Gasteiger partial charge in [-0.05, 0) is 75.9 Å². The monoisotopic (exact) mass is 396 g/mol. The summed E-state index contributed by atoms with van der Waals surface area (Å²) in [4.78, 5) is 5.48. The topological polar surface area (TPSA) is 26.7 Å². The fourth-order valence-electron chi connectivity index (χ4n) is 7.47. The molecule has 7 unspecified atom stereocenters. The number of aliphatic hydroxyl groups excluding tert-OH is 1. The standard InChI is InChI=1S/C26H40N2O/c29-23-19-27-15-11-7-3-1-5-9-13-21-17-22-18-28-16-12-8-4-2-6-10-14-26(20-27,24(22)23)25(21)28/h2,6,9,13,17,22-25,29H,1,3-5,7-8,10-12,14-16,18-20H2. The fraction of sp³-hybridized carbons (Fsp3) is 0.769. The molecule has 6 bridgehead atoms. The largest absolute Gasteiger partial charge is 0.391 e. The second-order valence-electron chi connectivity index (χ2n) is 10.4. The Morgan fingerprint density at radius 1 is 0.862 bits per heavy atom. The van der Waals surface area contributed by atoms with Crippen molar-refractivity contribution in [2.45, 2.75) is 76.4 Å². The Labute approximate surface area is 177 Å². The smallest absolute Gasteiger partial charge is 0.0707 e. The Hall–Kier alpha value is -0.900. The van der Waals surface area contributed by atoms with Crippen LogP contribution in [-0.4, -0.2) is 59.8 Å². The van der Waals surface area contributed by atoms with Gasteiger partial charge in [-0.2, -0.15) is 0 Å². The first-order valence-corrected chi connectivity index (χ1v) is 12.5. The molecule has 0 aromatic carbocycles. The summed E-state index contributed by atoms with van der Waals surface area (Å²) in [7, 11) is 0. The summed E-state index contributed by atoms with van der Waals surface area (Å²) in [6.45, 7) is 5.64. The summed E-state index contributed by atoms with van der Waals surface area (Å²) in [5.41, 5.74) is 1.78. The lowest BCUT2D eigenvalue weighted by molar-refractivity contribution is -0.158. The van der Waals surface area contributed by atoms with Crippen LogP contribution in [-0.2, 0) is 0 Å². The van der Waals surface area contributed by atoms with Crippen LogP contribution in [0.25, 0.3) is 0 Å². The van der Waals surface area contributed by atoms with Crippen LogP contribution >= 0.6 is 0 Å². The predicted octanol–water partition coefficient (Wildman–Crippen LogP) is 4.55. The molecule has 0 amide bonds. The number of hydrogen-bond acceptors (Lipinski definition) is 3. The van der Waals surface area contributed by atoms with Crippen LogP contribution < -0.4 is 0 Å². The Bertz CT molecular complexity index is 668. The fourth-order valence-corrected chi connectivity index (χ4v) is 7.47. The first-order chi connectivity index (χ1) is 14.3. The minimum Gasteiger partial charge on any atom is -0.391 e. The van der Waals surface area contributed by atoms with Crippen molar-refractivity contribution in [2.75, 3.05) is 32.7 Å². The van der Waals surface area contributed by atoms with E-state index in [1.165, 1.54) is 90.4 Å². The van der Waals surface area contributed by atoms with Crippen molar-refractivity contribution in [3.05, 3.63) is 36.0 Å². The van der Waals surface area contributed by atoms with Crippen LogP contribution in [0, 0.1) is 17.3 Å². The number of rotatable bonds is 0. The van der Waals surface area contributed by atoms with Gasteiger partial charge in [0.1, 0.15) is 0 Å². The highest BCUT2D eigenvalue weighted by Gasteiger charge is 2.61. The van der Waals surface area contributed by atoms with Crippen LogP contribution in [0.5, 0.6) is 0 Å². The van der Waals surface area contributed by atoms with Gasteiger partial charge < -0.3 is 10.0 Å². The highest BCUT2D eigenvalue weighted by atomic mass is 16.3. The Balaban J connectivity index is 1.58. The van der Waals surface area contributed by atoms with Crippen LogP contribution in [0.4, 0.5) is 0 Å². The minimum absolute atomic E-state index is 0.167. The zero-order valence-electron chi connectivity index (χ0n) is 18.1. The Kier molecular flexibility index (Phi) is 6.00. The van der Waals surface area contributed by atoms with Gasteiger partial charge in [-0.1, -0.05) is 43.2 Å². The van der Waals surface area contributed by atoms with Crippen LogP contribution in [0.2, 0.25) is 0 Å². The zero-order valence-corrected chi connectivity index (χ0v) is 18.1. The lowest BCUT2D eigenvalue weighted by Gasteiger charge is -2.65. The van der Waals surface area contributed by atoms with Gasteiger partial charge in [0.15, 0.2) is 0 Å². The first kappa shape index (κ1) is 20.0. The molecule has 1 N–H and O–H groups in total. The van der Waals surface area contributed by atoms with Gasteiger partial charge in [-0.3, -0.25) is 4.90 Å². The highest BCUT2D eigenvalue weighted by Crippen LogP contribution is 2.57. The molecule has 1 aliphatic carbocycles. The maximum atomic E-state index is 11.4. The highest BCUT2D eigenvalue weighted by molar-refractivity contribution is 5.37. The molecule has 2 fully saturated rings. The van der Waals surface area contributed by atoms with E-state index in [-0.39, 0.29) is 11.5 Å². The maximum absolute atomic E-state index is 11.4. The van der Waals surface area contributed by atoms with Gasteiger partial charge >= 0.3 is 0 Å². The lowest BCUT2D eigenvalue weighted by atomic mass is 9.51. The number of piperidine rings is 2. The van der Waals surface area contributed by atoms with Crippen LogP contribution in [0.3, 0.4) is 0 Å². The molecule has 7 atom stereocenters. The van der Waals surface area contributed by atoms with Crippen molar-refractivity contribution in [1.29, 1.82) is 0 Å². The summed E-state index contributed by atoms with van der Waals surface area (Å²) in [5, 5.41) is 11.4. The van der Waals surface area contributed by atoms with Gasteiger partial charge in [0.05, 0.1) is 6.10 Å². The average molecular weight is 397 g/mol. The first-order valence-electron chi connectivity index (χ1n) is 12.5. The van der Waals surface area contributed by atoms with Crippen molar-refractivity contribution in [3.8, 4) is 0 Å². The molecule has 6 rings (SSSR count). The van der Waals surface area contributed by atoms with Gasteiger partial charge in [0, 0.05) is 37.0 Å². The molecular weight excluding hydrogens is 356 g/mol. The van der Waals surface area contributed by atoms with E-state index in [0.717, 1.165) is 6.54 Å². The van der Waals surface area contributed by atoms with Crippen molar-refractivity contribution in [1.82, 2.24) is 9.80 Å². The van der Waals surface area contributed by atoms with E-state index < -0.39 is 0 Å². The number of nitrogens with zero attached hydrogens (tertiary/aromatic N) is 2. The third-order valence-corrected chi connectivity index (χ3v) is 8.49. The van der Waals surface area contributed by atoms with Gasteiger partial charge in [0.2, 0.25) is 0 Å². The second-order valence-corrected chi connectivity index (χ2v) is 10.4. The molecule has 3 heteroatoms. The number of hydrogen-bond donors (Lipinski definition) is 1. The molecule has 160 valence electrons. The van der Waals surface area contributed by atoms with E-state index in [0.29, 0.717) is 17.9 Å². The molecule has 29 heavy (non-hydrogen) atoms. The van der Waals surface area contributed by atoms with Gasteiger partial charge in [0.25, 0.3) is 0 Å². The van der Waals surface area contributed by atoms with Crippen molar-refractivity contribution >= 4 is 0 Å². The van der Waals surface area contributed by atoms with E-state index in [2.05, 4.69) is 40.2 Å². The summed E-state index contributed by atoms with van der Waals surface area (Å²) in [5.74, 6) is 0.961. The summed E-state index contributed by atoms with van der Waals surface area (Å²) in [6, 6.07) is 0.499. The molecule has 0 aromatic heterocycles. The lowest BCUT2D eigenvalue weighted by Crippen LogP contribution is -2.71. The normalized spacial score (nSPS) is 45.5. The average Bonchev–Trinajstić information content (AvgIpc) is 2.73. The maximum Gasteiger partial charge on any atom is 0.0707 e. The van der Waals surface area contributed by atoms with Crippen molar-refractivity contribution in [3.63, 3.8) is 0 Å². The molecule has 1 spiro atoms. The SMILES string of the molecule is OC1CN2CCCCCCC=CC3=CC4CN5CCCCC=CCCC(C2)(C14)C35. The van der Waals surface area contributed by atoms with Gasteiger partial charge in [-0.15, -0.1) is 0 Å². The van der Waals surface area contributed by atoms with E-state index in [1.807, 2.05) is 0 Å². The third-order valence-electron chi connectivity index (χ3n) is 8.49. The third kappa shape index (κ3) is 3.79. The summed E-state index contributed by atoms with van der Waals surface area (Å²) >= 11 is 0. The van der Waals surface area contributed by atoms with E-state index in [9.17, 15) is 5.11 Å². The number of allylic oxidation sites excluding steroid dienone is 3. The van der Waals surface area contributed by atoms with E-state index >= 15 is 0 Å². The zero-order chi connectivity index (χ0) is 19.7. The molecule has 6 aliphatic rings. The molecule has 3 nitrogen and oxygen atoms in total. The molecular formula is C26H40N2O. The molecule has 0 aromatic rings. The molecule has 5 heterocycles. The van der Waals surface area contributed by atoms with E-state index in [4.69, 9.17) is 0 Å². The number of aliphatic hydroxyl groups is 1. The molecule has 0 saturated carbocycles. The quantitative estimate of drug-likeness (QED) is 0.609. The van der Waals surface area contributed by atoms with E-state index in [1.54, 1.807) is 5.57 Å². The molecule has 2 saturated heterocycles. The summed E-state index contributed by atoms with van der Waals surface area (Å²) in [6.07, 6.45) is 25.0. The Morgan fingerprint density at radius 3 is 2.62 bits per heavy atom. The van der Waals surface area contributed by atoms with Crippen LogP contribution in [0.1, 0.15) is 64.2 Å². The van der Waals surface area contributed by atoms with Crippen LogP contribution in [0.15, 0.2) is 36.0 Å². The predicted molar refractivity (Wildman–Crippen MR) is 120 cm³/mol. The van der Waals surface area contributed by atoms with Crippen molar-refractivity contribution in [2.24, 2.45) is 17.3 Å². The Morgan fingerprint density at radius 2 is 1.66 bits per heavy atom.